The number of hydrogen-bond acceptors (Lipinski definition) is 4. The molecule has 0 aliphatic heterocycles. The van der Waals surface area contributed by atoms with E-state index in [-0.39, 0.29) is 16.6 Å². The van der Waals surface area contributed by atoms with Crippen molar-refractivity contribution < 1.29 is 9.52 Å². The summed E-state index contributed by atoms with van der Waals surface area (Å²) in [6.45, 7) is 1.83. The molecule has 3 rings (SSSR count). The predicted octanol–water partition coefficient (Wildman–Crippen LogP) is 2.87. The van der Waals surface area contributed by atoms with Gasteiger partial charge in [-0.2, -0.15) is 0 Å². The van der Waals surface area contributed by atoms with Gasteiger partial charge in [-0.05, 0) is 36.8 Å². The first-order chi connectivity index (χ1) is 9.15. The highest BCUT2D eigenvalue weighted by Crippen LogP contribution is 2.27. The lowest BCUT2D eigenvalue weighted by atomic mass is 10.1. The van der Waals surface area contributed by atoms with E-state index < -0.39 is 0 Å². The number of rotatable bonds is 1. The highest BCUT2D eigenvalue weighted by molar-refractivity contribution is 5.85. The standard InChI is InChI=1S/C15H11NO3/c1-9-6-11(17)15-12(18)8-13(19-14(15)7-9)10-2-4-16-5-3-10/h2-8,17H,1H3. The molecule has 0 aliphatic carbocycles. The number of nitrogens with zero attached hydrogens (tertiary/aromatic N) is 1. The third kappa shape index (κ3) is 1.97. The molecule has 0 fully saturated rings. The summed E-state index contributed by atoms with van der Waals surface area (Å²) in [5.74, 6) is 0.412. The molecule has 1 aromatic carbocycles. The topological polar surface area (TPSA) is 63.3 Å². The molecular weight excluding hydrogens is 242 g/mol. The average Bonchev–Trinajstić information content (AvgIpc) is 2.38. The van der Waals surface area contributed by atoms with Gasteiger partial charge in [0.1, 0.15) is 22.5 Å². The Kier molecular flexibility index (Phi) is 2.56. The lowest BCUT2D eigenvalue weighted by Crippen LogP contribution is -2.01. The summed E-state index contributed by atoms with van der Waals surface area (Å²) in [6.07, 6.45) is 3.26. The van der Waals surface area contributed by atoms with Crippen LogP contribution in [0.4, 0.5) is 0 Å². The molecule has 19 heavy (non-hydrogen) atoms. The van der Waals surface area contributed by atoms with Crippen LogP contribution < -0.4 is 5.43 Å². The number of aryl methyl sites for hydroxylation is 1. The van der Waals surface area contributed by atoms with Crippen LogP contribution in [0.3, 0.4) is 0 Å². The van der Waals surface area contributed by atoms with Crippen molar-refractivity contribution in [3.05, 3.63) is 58.5 Å². The molecule has 0 amide bonds. The maximum Gasteiger partial charge on any atom is 0.197 e. The molecule has 0 atom stereocenters. The van der Waals surface area contributed by atoms with E-state index in [1.54, 1.807) is 36.7 Å². The number of pyridine rings is 1. The maximum atomic E-state index is 12.1. The zero-order valence-corrected chi connectivity index (χ0v) is 10.3. The zero-order chi connectivity index (χ0) is 13.4. The summed E-state index contributed by atoms with van der Waals surface area (Å²) in [5.41, 5.74) is 1.73. The third-order valence-corrected chi connectivity index (χ3v) is 2.92. The van der Waals surface area contributed by atoms with Gasteiger partial charge in [-0.25, -0.2) is 0 Å². The largest absolute Gasteiger partial charge is 0.507 e. The van der Waals surface area contributed by atoms with Crippen molar-refractivity contribution in [2.45, 2.75) is 6.92 Å². The van der Waals surface area contributed by atoms with E-state index in [1.165, 1.54) is 6.07 Å². The van der Waals surface area contributed by atoms with Crippen molar-refractivity contribution in [2.75, 3.05) is 0 Å². The van der Waals surface area contributed by atoms with Crippen molar-refractivity contribution in [3.8, 4) is 17.1 Å². The minimum atomic E-state index is -0.259. The molecule has 3 aromatic rings. The zero-order valence-electron chi connectivity index (χ0n) is 10.3. The monoisotopic (exact) mass is 253 g/mol. The Morgan fingerprint density at radius 3 is 2.63 bits per heavy atom. The van der Waals surface area contributed by atoms with Gasteiger partial charge in [-0.1, -0.05) is 0 Å². The Morgan fingerprint density at radius 2 is 1.89 bits per heavy atom. The summed E-state index contributed by atoms with van der Waals surface area (Å²) in [6, 6.07) is 8.19. The average molecular weight is 253 g/mol. The van der Waals surface area contributed by atoms with Gasteiger partial charge in [0.25, 0.3) is 0 Å². The molecule has 1 N–H and O–H groups in total. The highest BCUT2D eigenvalue weighted by atomic mass is 16.3. The maximum absolute atomic E-state index is 12.1. The number of hydrogen-bond donors (Lipinski definition) is 1. The molecule has 0 unspecified atom stereocenters. The summed E-state index contributed by atoms with van der Waals surface area (Å²) in [4.78, 5) is 16.0. The highest BCUT2D eigenvalue weighted by Gasteiger charge is 2.10. The van der Waals surface area contributed by atoms with Crippen LogP contribution in [0.5, 0.6) is 5.75 Å². The van der Waals surface area contributed by atoms with Gasteiger partial charge in [0.15, 0.2) is 5.43 Å². The molecule has 94 valence electrons. The first-order valence-electron chi connectivity index (χ1n) is 5.83. The van der Waals surface area contributed by atoms with Crippen LogP contribution in [0.2, 0.25) is 0 Å². The van der Waals surface area contributed by atoms with Crippen LogP contribution in [-0.4, -0.2) is 10.1 Å². The summed E-state index contributed by atoms with van der Waals surface area (Å²) >= 11 is 0. The van der Waals surface area contributed by atoms with Gasteiger partial charge in [0.2, 0.25) is 0 Å². The Labute approximate surface area is 109 Å². The fourth-order valence-corrected chi connectivity index (χ4v) is 2.06. The minimum Gasteiger partial charge on any atom is -0.507 e. The van der Waals surface area contributed by atoms with E-state index >= 15 is 0 Å². The summed E-state index contributed by atoms with van der Waals surface area (Å²) in [5, 5.41) is 10.0. The number of aromatic nitrogens is 1. The Bertz CT molecular complexity index is 807. The molecule has 0 spiro atoms. The van der Waals surface area contributed by atoms with Gasteiger partial charge in [0.05, 0.1) is 0 Å². The second-order valence-electron chi connectivity index (χ2n) is 4.37. The van der Waals surface area contributed by atoms with Gasteiger partial charge in [-0.15, -0.1) is 0 Å². The second-order valence-corrected chi connectivity index (χ2v) is 4.37. The van der Waals surface area contributed by atoms with E-state index in [9.17, 15) is 9.90 Å². The lowest BCUT2D eigenvalue weighted by molar-refractivity contribution is 0.479. The second kappa shape index (κ2) is 4.24. The molecule has 0 saturated heterocycles. The fourth-order valence-electron chi connectivity index (χ4n) is 2.06. The number of fused-ring (bicyclic) bond motifs is 1. The molecule has 0 aliphatic rings. The molecule has 2 heterocycles. The van der Waals surface area contributed by atoms with Crippen LogP contribution in [0, 0.1) is 6.92 Å². The quantitative estimate of drug-likeness (QED) is 0.724. The smallest absolute Gasteiger partial charge is 0.197 e. The van der Waals surface area contributed by atoms with Gasteiger partial charge in [0, 0.05) is 24.0 Å². The number of benzene rings is 1. The molecule has 4 heteroatoms. The van der Waals surface area contributed by atoms with Crippen molar-refractivity contribution in [2.24, 2.45) is 0 Å². The van der Waals surface area contributed by atoms with E-state index in [4.69, 9.17) is 4.42 Å². The van der Waals surface area contributed by atoms with Crippen LogP contribution in [0.15, 0.2) is 51.9 Å². The fraction of sp³-hybridized carbons (Fsp3) is 0.0667. The van der Waals surface area contributed by atoms with E-state index in [2.05, 4.69) is 4.98 Å². The van der Waals surface area contributed by atoms with Crippen LogP contribution in [-0.2, 0) is 0 Å². The Balaban J connectivity index is 2.34. The minimum absolute atomic E-state index is 0.0509. The van der Waals surface area contributed by atoms with Crippen LogP contribution in [0.1, 0.15) is 5.56 Å². The molecule has 4 nitrogen and oxygen atoms in total. The Hall–Kier alpha value is -2.62. The van der Waals surface area contributed by atoms with Crippen molar-refractivity contribution >= 4 is 11.0 Å². The van der Waals surface area contributed by atoms with E-state index in [0.717, 1.165) is 11.1 Å². The van der Waals surface area contributed by atoms with E-state index in [0.29, 0.717) is 11.3 Å². The van der Waals surface area contributed by atoms with Crippen molar-refractivity contribution in [1.82, 2.24) is 4.98 Å². The summed E-state index contributed by atoms with van der Waals surface area (Å²) < 4.78 is 5.70. The first kappa shape index (κ1) is 11.5. The van der Waals surface area contributed by atoms with Gasteiger partial charge in [-0.3, -0.25) is 9.78 Å². The number of phenolic OH excluding ortho intramolecular Hbond substituents is 1. The van der Waals surface area contributed by atoms with Crippen molar-refractivity contribution in [3.63, 3.8) is 0 Å². The normalized spacial score (nSPS) is 10.8. The molecule has 0 saturated carbocycles. The molecule has 0 radical (unpaired) electrons. The van der Waals surface area contributed by atoms with Crippen molar-refractivity contribution in [1.29, 1.82) is 0 Å². The lowest BCUT2D eigenvalue weighted by Gasteiger charge is -2.05. The van der Waals surface area contributed by atoms with Gasteiger partial charge >= 0.3 is 0 Å². The van der Waals surface area contributed by atoms with Gasteiger partial charge < -0.3 is 9.52 Å². The van der Waals surface area contributed by atoms with Crippen LogP contribution >= 0.6 is 0 Å². The number of phenols is 1. The molecular formula is C15H11NO3. The third-order valence-electron chi connectivity index (χ3n) is 2.92. The molecule has 0 bridgehead atoms. The Morgan fingerprint density at radius 1 is 1.16 bits per heavy atom. The first-order valence-corrected chi connectivity index (χ1v) is 5.83. The van der Waals surface area contributed by atoms with Crippen LogP contribution in [0.25, 0.3) is 22.3 Å². The SMILES string of the molecule is Cc1cc(O)c2c(=O)cc(-c3ccncc3)oc2c1. The predicted molar refractivity (Wildman–Crippen MR) is 72.1 cm³/mol. The van der Waals surface area contributed by atoms with E-state index in [1.807, 2.05) is 6.92 Å². The number of aromatic hydroxyl groups is 1. The summed E-state index contributed by atoms with van der Waals surface area (Å²) in [7, 11) is 0. The molecule has 2 aromatic heterocycles.